The van der Waals surface area contributed by atoms with Crippen LogP contribution in [-0.4, -0.2) is 18.0 Å². The van der Waals surface area contributed by atoms with Crippen molar-refractivity contribution in [3.63, 3.8) is 0 Å². The molecule has 0 heterocycles. The molecule has 138 valence electrons. The molecular weight excluding hydrogens is 373 g/mol. The lowest BCUT2D eigenvalue weighted by Gasteiger charge is -2.18. The lowest BCUT2D eigenvalue weighted by atomic mass is 9.97. The van der Waals surface area contributed by atoms with Crippen LogP contribution in [0.3, 0.4) is 0 Å². The van der Waals surface area contributed by atoms with Crippen LogP contribution in [0.4, 0.5) is 5.69 Å². The molecule has 0 spiro atoms. The second-order valence-corrected chi connectivity index (χ2v) is 6.88. The zero-order valence-electron chi connectivity index (χ0n) is 14.9. The Bertz CT molecular complexity index is 807. The number of carbonyl (C=O) groups is 2. The molecule has 2 rings (SSSR count). The molecule has 1 amide bonds. The van der Waals surface area contributed by atoms with Crippen LogP contribution >= 0.6 is 23.2 Å². The number of carbonyl (C=O) groups excluding carboxylic acids is 2. The molecule has 0 saturated carbocycles. The Morgan fingerprint density at radius 2 is 1.77 bits per heavy atom. The zero-order valence-corrected chi connectivity index (χ0v) is 16.4. The van der Waals surface area contributed by atoms with Gasteiger partial charge in [-0.2, -0.15) is 0 Å². The highest BCUT2D eigenvalue weighted by molar-refractivity contribution is 6.42. The van der Waals surface area contributed by atoms with Gasteiger partial charge in [-0.1, -0.05) is 55.2 Å². The van der Waals surface area contributed by atoms with E-state index in [1.54, 1.807) is 0 Å². The fraction of sp³-hybridized carbons (Fsp3) is 0.300. The summed E-state index contributed by atoms with van der Waals surface area (Å²) in [6.07, 6.45) is -0.00341. The summed E-state index contributed by atoms with van der Waals surface area (Å²) in [7, 11) is 0. The van der Waals surface area contributed by atoms with Crippen molar-refractivity contribution in [2.75, 3.05) is 5.32 Å². The highest BCUT2D eigenvalue weighted by Crippen LogP contribution is 2.27. The third-order valence-corrected chi connectivity index (χ3v) is 4.91. The summed E-state index contributed by atoms with van der Waals surface area (Å²) in [6.45, 7) is 5.71. The number of nitrogens with one attached hydrogen (secondary N) is 1. The molecule has 2 aromatic carbocycles. The van der Waals surface area contributed by atoms with Crippen molar-refractivity contribution in [1.82, 2.24) is 0 Å². The number of hydrogen-bond acceptors (Lipinski definition) is 3. The predicted octanol–water partition coefficient (Wildman–Crippen LogP) is 5.69. The maximum Gasteiger partial charge on any atom is 0.338 e. The predicted molar refractivity (Wildman–Crippen MR) is 105 cm³/mol. The molecule has 0 bridgehead atoms. The monoisotopic (exact) mass is 393 g/mol. The van der Waals surface area contributed by atoms with E-state index in [0.717, 1.165) is 17.7 Å². The van der Waals surface area contributed by atoms with E-state index in [-0.39, 0.29) is 10.6 Å². The van der Waals surface area contributed by atoms with Gasteiger partial charge in [0.2, 0.25) is 0 Å². The van der Waals surface area contributed by atoms with Gasteiger partial charge in [-0.3, -0.25) is 4.79 Å². The van der Waals surface area contributed by atoms with Crippen molar-refractivity contribution in [2.45, 2.75) is 39.2 Å². The van der Waals surface area contributed by atoms with Crippen LogP contribution in [0.15, 0.2) is 42.5 Å². The first-order chi connectivity index (χ1) is 12.3. The lowest BCUT2D eigenvalue weighted by molar-refractivity contribution is -0.123. The Labute approximate surface area is 163 Å². The molecule has 0 aromatic heterocycles. The van der Waals surface area contributed by atoms with Crippen LogP contribution < -0.4 is 5.32 Å². The van der Waals surface area contributed by atoms with Crippen molar-refractivity contribution in [3.05, 3.63) is 63.6 Å². The van der Waals surface area contributed by atoms with Crippen LogP contribution in [0, 0.1) is 0 Å². The SMILES string of the molecule is CC[C@H](C)c1ccccc1NC(=O)[C@@H](C)OC(=O)c1ccc(Cl)c(Cl)c1. The van der Waals surface area contributed by atoms with E-state index in [9.17, 15) is 9.59 Å². The molecule has 4 nitrogen and oxygen atoms in total. The van der Waals surface area contributed by atoms with Crippen molar-refractivity contribution < 1.29 is 14.3 Å². The van der Waals surface area contributed by atoms with Crippen molar-refractivity contribution in [2.24, 2.45) is 0 Å². The minimum absolute atomic E-state index is 0.235. The Balaban J connectivity index is 2.06. The molecule has 2 atom stereocenters. The third-order valence-electron chi connectivity index (χ3n) is 4.17. The number of benzene rings is 2. The minimum Gasteiger partial charge on any atom is -0.449 e. The maximum absolute atomic E-state index is 12.4. The van der Waals surface area contributed by atoms with Crippen LogP contribution in [0.25, 0.3) is 0 Å². The molecular formula is C20H21Cl2NO3. The van der Waals surface area contributed by atoms with Gasteiger partial charge in [0.05, 0.1) is 15.6 Å². The van der Waals surface area contributed by atoms with Gasteiger partial charge in [-0.05, 0) is 49.1 Å². The van der Waals surface area contributed by atoms with Gasteiger partial charge in [0.1, 0.15) is 0 Å². The topological polar surface area (TPSA) is 55.4 Å². The molecule has 0 unspecified atom stereocenters. The highest BCUT2D eigenvalue weighted by atomic mass is 35.5. The van der Waals surface area contributed by atoms with Gasteiger partial charge in [-0.15, -0.1) is 0 Å². The number of rotatable bonds is 6. The van der Waals surface area contributed by atoms with Gasteiger partial charge >= 0.3 is 5.97 Å². The summed E-state index contributed by atoms with van der Waals surface area (Å²) in [6, 6.07) is 12.0. The van der Waals surface area contributed by atoms with Gasteiger partial charge in [0.15, 0.2) is 6.10 Å². The quantitative estimate of drug-likeness (QED) is 0.641. The molecule has 0 saturated heterocycles. The Hall–Kier alpha value is -2.04. The summed E-state index contributed by atoms with van der Waals surface area (Å²) < 4.78 is 5.24. The van der Waals surface area contributed by atoms with Gasteiger partial charge in [-0.25, -0.2) is 4.79 Å². The maximum atomic E-state index is 12.4. The summed E-state index contributed by atoms with van der Waals surface area (Å²) in [5.41, 5.74) is 2.01. The molecule has 0 radical (unpaired) electrons. The summed E-state index contributed by atoms with van der Waals surface area (Å²) in [4.78, 5) is 24.6. The zero-order chi connectivity index (χ0) is 19.3. The van der Waals surface area contributed by atoms with Crippen molar-refractivity contribution in [3.8, 4) is 0 Å². The smallest absolute Gasteiger partial charge is 0.338 e. The summed E-state index contributed by atoms with van der Waals surface area (Å²) in [5.74, 6) is -0.726. The molecule has 0 aliphatic rings. The van der Waals surface area contributed by atoms with E-state index >= 15 is 0 Å². The van der Waals surface area contributed by atoms with Crippen molar-refractivity contribution >= 4 is 40.8 Å². The van der Waals surface area contributed by atoms with E-state index in [4.69, 9.17) is 27.9 Å². The number of esters is 1. The normalized spacial score (nSPS) is 13.0. The summed E-state index contributed by atoms with van der Waals surface area (Å²) >= 11 is 11.7. The number of hydrogen-bond donors (Lipinski definition) is 1. The summed E-state index contributed by atoms with van der Waals surface area (Å²) in [5, 5.41) is 3.43. The number of ether oxygens (including phenoxy) is 1. The number of para-hydroxylation sites is 1. The first-order valence-electron chi connectivity index (χ1n) is 8.39. The van der Waals surface area contributed by atoms with Crippen LogP contribution in [0.1, 0.15) is 49.0 Å². The first-order valence-corrected chi connectivity index (χ1v) is 9.14. The van der Waals surface area contributed by atoms with Gasteiger partial charge in [0.25, 0.3) is 5.91 Å². The Kier molecular flexibility index (Phi) is 7.06. The van der Waals surface area contributed by atoms with Gasteiger partial charge in [0, 0.05) is 5.69 Å². The van der Waals surface area contributed by atoms with Crippen LogP contribution in [0.2, 0.25) is 10.0 Å². The minimum atomic E-state index is -0.957. The lowest BCUT2D eigenvalue weighted by Crippen LogP contribution is -2.30. The van der Waals surface area contributed by atoms with E-state index in [0.29, 0.717) is 10.9 Å². The molecule has 6 heteroatoms. The number of amides is 1. The van der Waals surface area contributed by atoms with E-state index in [1.807, 2.05) is 24.3 Å². The van der Waals surface area contributed by atoms with E-state index < -0.39 is 18.0 Å². The molecule has 26 heavy (non-hydrogen) atoms. The average Bonchev–Trinajstić information content (AvgIpc) is 2.63. The van der Waals surface area contributed by atoms with Gasteiger partial charge < -0.3 is 10.1 Å². The first kappa shape index (κ1) is 20.3. The number of halogens is 2. The Morgan fingerprint density at radius 3 is 2.42 bits per heavy atom. The fourth-order valence-electron chi connectivity index (χ4n) is 2.40. The van der Waals surface area contributed by atoms with E-state index in [2.05, 4.69) is 19.2 Å². The highest BCUT2D eigenvalue weighted by Gasteiger charge is 2.21. The van der Waals surface area contributed by atoms with E-state index in [1.165, 1.54) is 25.1 Å². The van der Waals surface area contributed by atoms with Crippen LogP contribution in [0.5, 0.6) is 0 Å². The second-order valence-electron chi connectivity index (χ2n) is 6.06. The number of anilines is 1. The third kappa shape index (κ3) is 4.99. The molecule has 2 aromatic rings. The molecule has 0 aliphatic carbocycles. The standard InChI is InChI=1S/C20H21Cl2NO3/c1-4-12(2)15-7-5-6-8-18(15)23-19(24)13(3)26-20(25)14-9-10-16(21)17(22)11-14/h5-13H,4H2,1-3H3,(H,23,24)/t12-,13+/m0/s1. The Morgan fingerprint density at radius 1 is 1.08 bits per heavy atom. The second kappa shape index (κ2) is 9.06. The fourth-order valence-corrected chi connectivity index (χ4v) is 2.70. The molecule has 0 fully saturated rings. The van der Waals surface area contributed by atoms with Crippen LogP contribution in [-0.2, 0) is 9.53 Å². The van der Waals surface area contributed by atoms with Crippen molar-refractivity contribution in [1.29, 1.82) is 0 Å². The molecule has 0 aliphatic heterocycles. The molecule has 1 N–H and O–H groups in total. The largest absolute Gasteiger partial charge is 0.449 e. The average molecular weight is 394 g/mol.